The summed E-state index contributed by atoms with van der Waals surface area (Å²) in [5.41, 5.74) is 4.92. The molecule has 132 valence electrons. The van der Waals surface area contributed by atoms with E-state index in [0.29, 0.717) is 11.5 Å². The first-order valence-electron chi connectivity index (χ1n) is 7.41. The number of nitro groups is 1. The lowest BCUT2D eigenvalue weighted by Gasteiger charge is -2.10. The van der Waals surface area contributed by atoms with E-state index >= 15 is 0 Å². The molecular weight excluding hydrogens is 328 g/mol. The number of carbonyl (C=O) groups is 1. The molecule has 1 heterocycles. The highest BCUT2D eigenvalue weighted by Gasteiger charge is 2.13. The van der Waals surface area contributed by atoms with Gasteiger partial charge in [-0.15, -0.1) is 0 Å². The second-order valence-corrected chi connectivity index (χ2v) is 5.37. The van der Waals surface area contributed by atoms with Crippen LogP contribution < -0.4 is 10.2 Å². The van der Waals surface area contributed by atoms with E-state index in [1.165, 1.54) is 11.0 Å². The van der Waals surface area contributed by atoms with Crippen molar-refractivity contribution in [2.75, 3.05) is 6.61 Å². The van der Waals surface area contributed by atoms with Gasteiger partial charge in [-0.1, -0.05) is 17.1 Å². The zero-order chi connectivity index (χ0) is 18.4. The fourth-order valence-electron chi connectivity index (χ4n) is 1.93. The van der Waals surface area contributed by atoms with Gasteiger partial charge in [0.1, 0.15) is 5.75 Å². The number of hydrogen-bond donors (Lipinski definition) is 1. The number of hydrogen-bond acceptors (Lipinski definition) is 7. The lowest BCUT2D eigenvalue weighted by molar-refractivity contribution is -0.394. The van der Waals surface area contributed by atoms with Gasteiger partial charge in [0.05, 0.1) is 12.3 Å². The maximum absolute atomic E-state index is 11.8. The molecule has 10 nitrogen and oxygen atoms in total. The van der Waals surface area contributed by atoms with Crippen molar-refractivity contribution in [3.05, 3.63) is 45.8 Å². The quantitative estimate of drug-likeness (QED) is 0.459. The van der Waals surface area contributed by atoms with E-state index in [2.05, 4.69) is 20.6 Å². The van der Waals surface area contributed by atoms with Gasteiger partial charge in [0.15, 0.2) is 6.61 Å². The molecule has 0 atom stereocenters. The Hall–Kier alpha value is -3.30. The van der Waals surface area contributed by atoms with E-state index in [1.807, 2.05) is 26.0 Å². The molecule has 25 heavy (non-hydrogen) atoms. The first kappa shape index (κ1) is 18.0. The van der Waals surface area contributed by atoms with Gasteiger partial charge in [0, 0.05) is 5.10 Å². The van der Waals surface area contributed by atoms with Crippen LogP contribution in [0.2, 0.25) is 0 Å². The molecule has 10 heteroatoms. The van der Waals surface area contributed by atoms with Gasteiger partial charge < -0.3 is 14.9 Å². The summed E-state index contributed by atoms with van der Waals surface area (Å²) in [6, 6.07) is 5.61. The van der Waals surface area contributed by atoms with Crippen LogP contribution in [0.5, 0.6) is 5.75 Å². The highest BCUT2D eigenvalue weighted by atomic mass is 16.6. The number of aryl methyl sites for hydroxylation is 1. The minimum Gasteiger partial charge on any atom is -0.483 e. The third kappa shape index (κ3) is 5.09. The van der Waals surface area contributed by atoms with Gasteiger partial charge >= 0.3 is 5.95 Å². The van der Waals surface area contributed by atoms with Crippen molar-refractivity contribution in [3.8, 4) is 5.75 Å². The van der Waals surface area contributed by atoms with Crippen LogP contribution in [0.1, 0.15) is 18.1 Å². The van der Waals surface area contributed by atoms with E-state index in [-0.39, 0.29) is 13.2 Å². The summed E-state index contributed by atoms with van der Waals surface area (Å²) in [6.07, 6.45) is 1.22. The Balaban J connectivity index is 1.84. The van der Waals surface area contributed by atoms with Crippen LogP contribution >= 0.6 is 0 Å². The molecule has 2 aromatic rings. The molecule has 0 saturated carbocycles. The average molecular weight is 346 g/mol. The number of nitrogens with zero attached hydrogens (tertiary/aromatic N) is 5. The molecule has 1 N–H and O–H groups in total. The summed E-state index contributed by atoms with van der Waals surface area (Å²) >= 11 is 0. The lowest BCUT2D eigenvalue weighted by Crippen LogP contribution is -2.26. The van der Waals surface area contributed by atoms with Gasteiger partial charge in [-0.25, -0.2) is 5.43 Å². The summed E-state index contributed by atoms with van der Waals surface area (Å²) in [5, 5.41) is 18.1. The van der Waals surface area contributed by atoms with E-state index < -0.39 is 16.8 Å². The van der Waals surface area contributed by atoms with Crippen molar-refractivity contribution < 1.29 is 14.5 Å². The Bertz CT molecular complexity index is 814. The minimum atomic E-state index is -0.685. The number of amides is 1. The highest BCUT2D eigenvalue weighted by molar-refractivity contribution is 5.84. The third-order valence-electron chi connectivity index (χ3n) is 3.36. The van der Waals surface area contributed by atoms with E-state index in [0.717, 1.165) is 11.1 Å². The SMILES string of the molecule is C/C(Cn1cnc([N+](=O)[O-])n1)=N/NC(=O)COc1cccc(C)c1C. The van der Waals surface area contributed by atoms with Crippen LogP contribution in [0.4, 0.5) is 5.95 Å². The number of ether oxygens (including phenoxy) is 1. The third-order valence-corrected chi connectivity index (χ3v) is 3.36. The number of aromatic nitrogens is 3. The number of hydrazone groups is 1. The predicted octanol–water partition coefficient (Wildman–Crippen LogP) is 1.37. The van der Waals surface area contributed by atoms with Gasteiger partial charge in [-0.2, -0.15) is 9.78 Å². The normalized spacial score (nSPS) is 11.2. The predicted molar refractivity (Wildman–Crippen MR) is 89.3 cm³/mol. The second kappa shape index (κ2) is 7.99. The Morgan fingerprint density at radius 3 is 2.88 bits per heavy atom. The fourth-order valence-corrected chi connectivity index (χ4v) is 1.93. The maximum atomic E-state index is 11.8. The van der Waals surface area contributed by atoms with Crippen LogP contribution in [0.25, 0.3) is 0 Å². The zero-order valence-electron chi connectivity index (χ0n) is 14.1. The summed E-state index contributed by atoms with van der Waals surface area (Å²) in [4.78, 5) is 25.2. The number of nitrogens with one attached hydrogen (secondary N) is 1. The molecule has 0 radical (unpaired) electrons. The summed E-state index contributed by atoms with van der Waals surface area (Å²) in [6.45, 7) is 5.53. The van der Waals surface area contributed by atoms with Gasteiger partial charge in [0.25, 0.3) is 5.91 Å². The molecule has 0 unspecified atom stereocenters. The second-order valence-electron chi connectivity index (χ2n) is 5.37. The van der Waals surface area contributed by atoms with Crippen LogP contribution in [-0.4, -0.2) is 37.9 Å². The maximum Gasteiger partial charge on any atom is 0.490 e. The summed E-state index contributed by atoms with van der Waals surface area (Å²) in [5.74, 6) is -0.255. The van der Waals surface area contributed by atoms with Crippen LogP contribution in [0.3, 0.4) is 0 Å². The summed E-state index contributed by atoms with van der Waals surface area (Å²) < 4.78 is 6.74. The Morgan fingerprint density at radius 1 is 1.44 bits per heavy atom. The van der Waals surface area contributed by atoms with Crippen LogP contribution in [0.15, 0.2) is 29.6 Å². The van der Waals surface area contributed by atoms with Crippen molar-refractivity contribution in [2.45, 2.75) is 27.3 Å². The Labute approximate surface area is 143 Å². The smallest absolute Gasteiger partial charge is 0.483 e. The number of rotatable bonds is 7. The first-order chi connectivity index (χ1) is 11.9. The molecule has 0 saturated heterocycles. The van der Waals surface area contributed by atoms with Crippen molar-refractivity contribution in [3.63, 3.8) is 0 Å². The molecule has 1 aromatic heterocycles. The van der Waals surface area contributed by atoms with Crippen LogP contribution in [-0.2, 0) is 11.3 Å². The van der Waals surface area contributed by atoms with E-state index in [9.17, 15) is 14.9 Å². The van der Waals surface area contributed by atoms with Gasteiger partial charge in [-0.05, 0) is 42.9 Å². The standard InChI is InChI=1S/C15H18N6O4/c1-10-5-4-6-13(12(10)3)25-8-14(22)18-17-11(2)7-20-9-16-15(19-20)21(23)24/h4-6,9H,7-8H2,1-3H3,(H,18,22)/b17-11-. The molecule has 0 aliphatic heterocycles. The molecule has 1 amide bonds. The molecule has 0 spiro atoms. The monoisotopic (exact) mass is 346 g/mol. The molecule has 2 rings (SSSR count). The molecular formula is C15H18N6O4. The van der Waals surface area contributed by atoms with E-state index in [1.54, 1.807) is 13.0 Å². The molecule has 1 aromatic carbocycles. The van der Waals surface area contributed by atoms with E-state index in [4.69, 9.17) is 4.74 Å². The highest BCUT2D eigenvalue weighted by Crippen LogP contribution is 2.20. The molecule has 0 aliphatic rings. The molecule has 0 bridgehead atoms. The zero-order valence-corrected chi connectivity index (χ0v) is 14.1. The number of benzene rings is 1. The van der Waals surface area contributed by atoms with Crippen molar-refractivity contribution >= 4 is 17.6 Å². The van der Waals surface area contributed by atoms with Crippen molar-refractivity contribution in [1.82, 2.24) is 20.2 Å². The average Bonchev–Trinajstić information content (AvgIpc) is 3.03. The molecule has 0 fully saturated rings. The summed E-state index contributed by atoms with van der Waals surface area (Å²) in [7, 11) is 0. The van der Waals surface area contributed by atoms with Gasteiger partial charge in [0.2, 0.25) is 6.33 Å². The first-order valence-corrected chi connectivity index (χ1v) is 7.41. The largest absolute Gasteiger partial charge is 0.490 e. The fraction of sp³-hybridized carbons (Fsp3) is 0.333. The number of carbonyl (C=O) groups excluding carboxylic acids is 1. The van der Waals surface area contributed by atoms with Gasteiger partial charge in [-0.3, -0.25) is 4.79 Å². The Kier molecular flexibility index (Phi) is 5.77. The van der Waals surface area contributed by atoms with Crippen LogP contribution in [0, 0.1) is 24.0 Å². The van der Waals surface area contributed by atoms with Crippen molar-refractivity contribution in [1.29, 1.82) is 0 Å². The Morgan fingerprint density at radius 2 is 2.20 bits per heavy atom. The lowest BCUT2D eigenvalue weighted by atomic mass is 10.1. The topological polar surface area (TPSA) is 125 Å². The van der Waals surface area contributed by atoms with Crippen molar-refractivity contribution in [2.24, 2.45) is 5.10 Å². The molecule has 0 aliphatic carbocycles. The minimum absolute atomic E-state index is 0.166.